The lowest BCUT2D eigenvalue weighted by Gasteiger charge is -2.14. The lowest BCUT2D eigenvalue weighted by Crippen LogP contribution is -2.32. The maximum Gasteiger partial charge on any atom is 0.230 e. The molecule has 2 heterocycles. The van der Waals surface area contributed by atoms with E-state index in [0.717, 1.165) is 41.9 Å². The summed E-state index contributed by atoms with van der Waals surface area (Å²) in [7, 11) is 1.61. The molecular weight excluding hydrogens is 470 g/mol. The van der Waals surface area contributed by atoms with Gasteiger partial charge in [-0.1, -0.05) is 47.6 Å². The van der Waals surface area contributed by atoms with Crippen LogP contribution in [0.25, 0.3) is 22.4 Å². The van der Waals surface area contributed by atoms with E-state index in [-0.39, 0.29) is 17.8 Å². The lowest BCUT2D eigenvalue weighted by molar-refractivity contribution is -0.119. The van der Waals surface area contributed by atoms with Crippen LogP contribution in [-0.4, -0.2) is 43.0 Å². The molecule has 1 aliphatic rings. The van der Waals surface area contributed by atoms with E-state index in [4.69, 9.17) is 26.1 Å². The molecule has 0 saturated carbocycles. The Morgan fingerprint density at radius 2 is 1.97 bits per heavy atom. The number of carbonyl (C=O) groups excluding carboxylic acids is 1. The van der Waals surface area contributed by atoms with E-state index in [1.165, 1.54) is 11.8 Å². The molecule has 0 unspecified atom stereocenters. The van der Waals surface area contributed by atoms with Gasteiger partial charge in [0, 0.05) is 29.3 Å². The molecule has 1 aliphatic heterocycles. The summed E-state index contributed by atoms with van der Waals surface area (Å²) in [6.07, 6.45) is 2.06. The highest BCUT2D eigenvalue weighted by molar-refractivity contribution is 8.00. The average molecular weight is 494 g/mol. The van der Waals surface area contributed by atoms with Crippen LogP contribution in [0, 0.1) is 11.3 Å². The minimum absolute atomic E-state index is 0.0802. The lowest BCUT2D eigenvalue weighted by atomic mass is 9.99. The fourth-order valence-electron chi connectivity index (χ4n) is 3.72. The van der Waals surface area contributed by atoms with Gasteiger partial charge in [-0.15, -0.1) is 0 Å². The van der Waals surface area contributed by atoms with Crippen molar-refractivity contribution in [3.05, 3.63) is 65.2 Å². The predicted octanol–water partition coefficient (Wildman–Crippen LogP) is 5.34. The number of hydrogen-bond acceptors (Lipinski definition) is 6. The molecular formula is C26H24ClN3O3S. The topological polar surface area (TPSA) is 84.2 Å². The number of nitrogens with one attached hydrogen (secondary N) is 1. The van der Waals surface area contributed by atoms with Crippen molar-refractivity contribution in [1.82, 2.24) is 10.3 Å². The molecule has 2 aromatic carbocycles. The summed E-state index contributed by atoms with van der Waals surface area (Å²) in [5.41, 5.74) is 3.60. The minimum atomic E-state index is -0.117. The third kappa shape index (κ3) is 5.89. The van der Waals surface area contributed by atoms with E-state index in [0.29, 0.717) is 27.9 Å². The third-order valence-corrected chi connectivity index (χ3v) is 6.76. The van der Waals surface area contributed by atoms with Crippen molar-refractivity contribution in [2.24, 2.45) is 0 Å². The molecule has 0 aliphatic carbocycles. The molecule has 0 spiro atoms. The van der Waals surface area contributed by atoms with Gasteiger partial charge in [0.05, 0.1) is 30.2 Å². The highest BCUT2D eigenvalue weighted by atomic mass is 35.5. The first-order valence-corrected chi connectivity index (χ1v) is 12.3. The number of hydrogen-bond donors (Lipinski definition) is 1. The maximum atomic E-state index is 12.5. The number of amides is 1. The molecule has 8 heteroatoms. The molecule has 1 aromatic heterocycles. The molecule has 0 radical (unpaired) electrons. The van der Waals surface area contributed by atoms with Crippen molar-refractivity contribution in [2.75, 3.05) is 26.0 Å². The molecule has 34 heavy (non-hydrogen) atoms. The molecule has 1 saturated heterocycles. The summed E-state index contributed by atoms with van der Waals surface area (Å²) in [5.74, 6) is 0.765. The first-order chi connectivity index (χ1) is 16.6. The quantitative estimate of drug-likeness (QED) is 0.426. The molecule has 1 amide bonds. The Morgan fingerprint density at radius 3 is 2.62 bits per heavy atom. The van der Waals surface area contributed by atoms with Gasteiger partial charge in [-0.25, -0.2) is 4.98 Å². The van der Waals surface area contributed by atoms with Crippen molar-refractivity contribution in [3.63, 3.8) is 0 Å². The summed E-state index contributed by atoms with van der Waals surface area (Å²) < 4.78 is 10.8. The van der Waals surface area contributed by atoms with E-state index < -0.39 is 0 Å². The van der Waals surface area contributed by atoms with Gasteiger partial charge in [-0.3, -0.25) is 4.79 Å². The Bertz CT molecular complexity index is 1190. The molecule has 4 rings (SSSR count). The Kier molecular flexibility index (Phi) is 8.07. The zero-order chi connectivity index (χ0) is 23.9. The Hall–Kier alpha value is -3.05. The smallest absolute Gasteiger partial charge is 0.230 e. The van der Waals surface area contributed by atoms with Crippen LogP contribution in [0.5, 0.6) is 5.75 Å². The van der Waals surface area contributed by atoms with E-state index >= 15 is 0 Å². The maximum absolute atomic E-state index is 12.5. The Morgan fingerprint density at radius 1 is 1.24 bits per heavy atom. The SMILES string of the molecule is COc1ccc(-c2cc(-c3ccc(Cl)cc3)nc(SCC(=O)NC[C@@H]3CCCO3)c2C#N)cc1. The normalized spacial score (nSPS) is 15.0. The average Bonchev–Trinajstić information content (AvgIpc) is 3.40. The van der Waals surface area contributed by atoms with Crippen molar-refractivity contribution < 1.29 is 14.3 Å². The zero-order valence-corrected chi connectivity index (χ0v) is 20.3. The molecule has 3 aromatic rings. The van der Waals surface area contributed by atoms with Crippen molar-refractivity contribution >= 4 is 29.3 Å². The van der Waals surface area contributed by atoms with Gasteiger partial charge in [0.2, 0.25) is 5.91 Å². The van der Waals surface area contributed by atoms with Gasteiger partial charge >= 0.3 is 0 Å². The van der Waals surface area contributed by atoms with Crippen LogP contribution in [-0.2, 0) is 9.53 Å². The number of ether oxygens (including phenoxy) is 2. The number of carbonyl (C=O) groups is 1. The molecule has 0 bridgehead atoms. The van der Waals surface area contributed by atoms with Crippen LogP contribution in [0.2, 0.25) is 5.02 Å². The monoisotopic (exact) mass is 493 g/mol. The summed E-state index contributed by atoms with van der Waals surface area (Å²) >= 11 is 7.32. The highest BCUT2D eigenvalue weighted by Gasteiger charge is 2.19. The van der Waals surface area contributed by atoms with E-state index in [9.17, 15) is 10.1 Å². The number of pyridine rings is 1. The molecule has 1 N–H and O–H groups in total. The Labute approximate surface area is 208 Å². The van der Waals surface area contributed by atoms with Gasteiger partial charge in [0.15, 0.2) is 0 Å². The van der Waals surface area contributed by atoms with Crippen LogP contribution < -0.4 is 10.1 Å². The van der Waals surface area contributed by atoms with Crippen molar-refractivity contribution in [2.45, 2.75) is 24.0 Å². The summed E-state index contributed by atoms with van der Waals surface area (Å²) in [4.78, 5) is 17.2. The highest BCUT2D eigenvalue weighted by Crippen LogP contribution is 2.35. The van der Waals surface area contributed by atoms with Crippen molar-refractivity contribution in [1.29, 1.82) is 5.26 Å². The van der Waals surface area contributed by atoms with Gasteiger partial charge < -0.3 is 14.8 Å². The number of halogens is 1. The van der Waals surface area contributed by atoms with E-state index in [1.54, 1.807) is 19.2 Å². The van der Waals surface area contributed by atoms with Crippen LogP contribution in [0.15, 0.2) is 59.6 Å². The van der Waals surface area contributed by atoms with Crippen molar-refractivity contribution in [3.8, 4) is 34.2 Å². The van der Waals surface area contributed by atoms with Gasteiger partial charge in [0.25, 0.3) is 0 Å². The third-order valence-electron chi connectivity index (χ3n) is 5.53. The number of benzene rings is 2. The van der Waals surface area contributed by atoms with Crippen LogP contribution in [0.1, 0.15) is 18.4 Å². The fourth-order valence-corrected chi connectivity index (χ4v) is 4.68. The number of nitriles is 1. The fraction of sp³-hybridized carbons (Fsp3) is 0.269. The zero-order valence-electron chi connectivity index (χ0n) is 18.7. The first-order valence-electron chi connectivity index (χ1n) is 10.9. The molecule has 1 fully saturated rings. The largest absolute Gasteiger partial charge is 0.497 e. The minimum Gasteiger partial charge on any atom is -0.497 e. The van der Waals surface area contributed by atoms with Gasteiger partial charge in [-0.2, -0.15) is 5.26 Å². The van der Waals surface area contributed by atoms with E-state index in [2.05, 4.69) is 11.4 Å². The first kappa shape index (κ1) is 24.1. The summed E-state index contributed by atoms with van der Waals surface area (Å²) in [5, 5.41) is 14.1. The molecule has 6 nitrogen and oxygen atoms in total. The van der Waals surface area contributed by atoms with Crippen LogP contribution >= 0.6 is 23.4 Å². The Balaban J connectivity index is 1.64. The summed E-state index contributed by atoms with van der Waals surface area (Å²) in [6.45, 7) is 1.25. The second-order valence-corrected chi connectivity index (χ2v) is 9.21. The van der Waals surface area contributed by atoms with Crippen LogP contribution in [0.4, 0.5) is 0 Å². The number of thioether (sulfide) groups is 1. The van der Waals surface area contributed by atoms with Gasteiger partial charge in [-0.05, 0) is 48.7 Å². The summed E-state index contributed by atoms with van der Waals surface area (Å²) in [6, 6.07) is 19.1. The molecule has 174 valence electrons. The number of methoxy groups -OCH3 is 1. The number of nitrogens with zero attached hydrogens (tertiary/aromatic N) is 2. The standard InChI is InChI=1S/C26H24ClN3O3S/c1-32-20-10-6-17(7-11-20)22-13-24(18-4-8-19(27)9-5-18)30-26(23(22)14-28)34-16-25(31)29-15-21-3-2-12-33-21/h4-11,13,21H,2-3,12,15-16H2,1H3,(H,29,31)/t21-/m0/s1. The van der Waals surface area contributed by atoms with Crippen LogP contribution in [0.3, 0.4) is 0 Å². The number of aromatic nitrogens is 1. The van der Waals surface area contributed by atoms with Gasteiger partial charge in [0.1, 0.15) is 16.8 Å². The molecule has 1 atom stereocenters. The second kappa shape index (κ2) is 11.4. The predicted molar refractivity (Wildman–Crippen MR) is 134 cm³/mol. The number of rotatable bonds is 8. The second-order valence-electron chi connectivity index (χ2n) is 7.81. The van der Waals surface area contributed by atoms with E-state index in [1.807, 2.05) is 42.5 Å².